The second-order valence-electron chi connectivity index (χ2n) is 9.44. The number of hydrogen-bond donors (Lipinski definition) is 2. The van der Waals surface area contributed by atoms with Crippen LogP contribution in [-0.2, 0) is 10.3 Å². The van der Waals surface area contributed by atoms with Gasteiger partial charge in [-0.3, -0.25) is 4.79 Å². The number of carbonyl (C=O) groups is 1. The molecule has 0 bridgehead atoms. The molecular weight excluding hydrogens is 452 g/mol. The quantitative estimate of drug-likeness (QED) is 0.557. The molecule has 9 nitrogen and oxygen atoms in total. The van der Waals surface area contributed by atoms with Crippen LogP contribution < -0.4 is 20.4 Å². The van der Waals surface area contributed by atoms with Crippen molar-refractivity contribution in [1.29, 1.82) is 0 Å². The first-order valence-corrected chi connectivity index (χ1v) is 12.3. The van der Waals surface area contributed by atoms with E-state index < -0.39 is 5.54 Å². The molecule has 2 aliphatic rings. The second-order valence-corrected chi connectivity index (χ2v) is 9.84. The Balaban J connectivity index is 1.27. The van der Waals surface area contributed by atoms with E-state index in [-0.39, 0.29) is 11.8 Å². The highest BCUT2D eigenvalue weighted by atomic mass is 35.5. The van der Waals surface area contributed by atoms with Gasteiger partial charge in [-0.2, -0.15) is 4.98 Å². The summed E-state index contributed by atoms with van der Waals surface area (Å²) in [5.74, 6) is 1.29. The Labute approximate surface area is 204 Å². The lowest BCUT2D eigenvalue weighted by molar-refractivity contribution is -0.127. The minimum atomic E-state index is -0.517. The van der Waals surface area contributed by atoms with Crippen LogP contribution in [0.2, 0.25) is 5.02 Å². The SMILES string of the molecule is CC[C@](C)(NC(=O)C1CN(c2nc(N3CCNC[C@@H]3C)ncc2Cl)C1)c1cnc2ccccn12. The van der Waals surface area contributed by atoms with Crippen LogP contribution in [0.15, 0.2) is 36.8 Å². The summed E-state index contributed by atoms with van der Waals surface area (Å²) in [6, 6.07) is 6.21. The molecule has 5 rings (SSSR count). The van der Waals surface area contributed by atoms with Crippen molar-refractivity contribution in [1.82, 2.24) is 30.0 Å². The molecule has 1 amide bonds. The molecule has 2 atom stereocenters. The molecule has 2 fully saturated rings. The van der Waals surface area contributed by atoms with Crippen LogP contribution in [0.1, 0.15) is 32.9 Å². The number of pyridine rings is 1. The smallest absolute Gasteiger partial charge is 0.227 e. The Kier molecular flexibility index (Phi) is 6.07. The van der Waals surface area contributed by atoms with Crippen molar-refractivity contribution in [3.63, 3.8) is 0 Å². The van der Waals surface area contributed by atoms with E-state index in [0.29, 0.717) is 35.9 Å². The normalized spacial score (nSPS) is 20.8. The van der Waals surface area contributed by atoms with E-state index in [0.717, 1.165) is 37.4 Å². The second kappa shape index (κ2) is 9.03. The van der Waals surface area contributed by atoms with E-state index >= 15 is 0 Å². The highest BCUT2D eigenvalue weighted by Gasteiger charge is 2.39. The van der Waals surface area contributed by atoms with Crippen LogP contribution in [0.4, 0.5) is 11.8 Å². The molecule has 2 N–H and O–H groups in total. The molecule has 0 spiro atoms. The minimum Gasteiger partial charge on any atom is -0.353 e. The molecule has 2 aliphatic heterocycles. The van der Waals surface area contributed by atoms with Gasteiger partial charge in [-0.25, -0.2) is 9.97 Å². The first kappa shape index (κ1) is 22.9. The van der Waals surface area contributed by atoms with Crippen molar-refractivity contribution in [3.05, 3.63) is 47.5 Å². The van der Waals surface area contributed by atoms with Crippen LogP contribution in [0, 0.1) is 5.92 Å². The van der Waals surface area contributed by atoms with Gasteiger partial charge in [0.05, 0.1) is 29.5 Å². The van der Waals surface area contributed by atoms with Crippen molar-refractivity contribution in [2.75, 3.05) is 42.5 Å². The molecule has 180 valence electrons. The lowest BCUT2D eigenvalue weighted by Gasteiger charge is -2.42. The number of halogens is 1. The third-order valence-electron chi connectivity index (χ3n) is 7.11. The molecule has 34 heavy (non-hydrogen) atoms. The molecule has 2 saturated heterocycles. The van der Waals surface area contributed by atoms with E-state index in [1.54, 1.807) is 6.20 Å². The van der Waals surface area contributed by atoms with E-state index in [4.69, 9.17) is 16.6 Å². The maximum absolute atomic E-state index is 13.2. The average molecular weight is 483 g/mol. The minimum absolute atomic E-state index is 0.0348. The lowest BCUT2D eigenvalue weighted by Crippen LogP contribution is -2.57. The first-order valence-electron chi connectivity index (χ1n) is 11.9. The van der Waals surface area contributed by atoms with Crippen LogP contribution in [0.5, 0.6) is 0 Å². The molecule has 0 radical (unpaired) electrons. The number of fused-ring (bicyclic) bond motifs is 1. The summed E-state index contributed by atoms with van der Waals surface area (Å²) in [7, 11) is 0. The lowest BCUT2D eigenvalue weighted by atomic mass is 9.91. The third kappa shape index (κ3) is 4.07. The topological polar surface area (TPSA) is 90.7 Å². The van der Waals surface area contributed by atoms with Gasteiger partial charge in [-0.1, -0.05) is 24.6 Å². The molecule has 0 saturated carbocycles. The van der Waals surface area contributed by atoms with E-state index in [2.05, 4.69) is 51.2 Å². The molecule has 10 heteroatoms. The summed E-state index contributed by atoms with van der Waals surface area (Å²) in [5.41, 5.74) is 1.33. The number of piperazine rings is 1. The third-order valence-corrected chi connectivity index (χ3v) is 7.38. The fourth-order valence-corrected chi connectivity index (χ4v) is 4.92. The molecule has 3 aromatic heterocycles. The van der Waals surface area contributed by atoms with Gasteiger partial charge in [0.15, 0.2) is 5.82 Å². The number of anilines is 2. The number of imidazole rings is 1. The zero-order chi connectivity index (χ0) is 23.9. The first-order chi connectivity index (χ1) is 16.4. The Hall–Kier alpha value is -2.91. The standard InChI is InChI=1S/C24H31ClN8O/c1-4-24(3,19-13-27-20-7-5-6-9-33(19)20)30-22(34)17-14-31(15-17)21-18(25)12-28-23(29-21)32-10-8-26-11-16(32)2/h5-7,9,12-13,16-17,26H,4,8,10-11,14-15H2,1-3H3,(H,30,34)/t16-,24-/m0/s1. The van der Waals surface area contributed by atoms with Crippen LogP contribution >= 0.6 is 11.6 Å². The van der Waals surface area contributed by atoms with Gasteiger partial charge in [-0.05, 0) is 32.4 Å². The van der Waals surface area contributed by atoms with Crippen molar-refractivity contribution < 1.29 is 4.79 Å². The molecule has 5 heterocycles. The average Bonchev–Trinajstić information content (AvgIpc) is 3.25. The highest BCUT2D eigenvalue weighted by Crippen LogP contribution is 2.32. The van der Waals surface area contributed by atoms with Crippen molar-refractivity contribution >= 4 is 34.9 Å². The number of amides is 1. The maximum atomic E-state index is 13.2. The van der Waals surface area contributed by atoms with Crippen molar-refractivity contribution in [2.45, 2.75) is 38.8 Å². The van der Waals surface area contributed by atoms with Crippen molar-refractivity contribution in [3.8, 4) is 0 Å². The van der Waals surface area contributed by atoms with Gasteiger partial charge >= 0.3 is 0 Å². The predicted octanol–water partition coefficient (Wildman–Crippen LogP) is 2.45. The van der Waals surface area contributed by atoms with E-state index in [1.807, 2.05) is 35.0 Å². The Morgan fingerprint density at radius 3 is 2.88 bits per heavy atom. The summed E-state index contributed by atoms with van der Waals surface area (Å²) >= 11 is 6.45. The number of rotatable bonds is 6. The number of nitrogens with zero attached hydrogens (tertiary/aromatic N) is 6. The summed E-state index contributed by atoms with van der Waals surface area (Å²) in [6.07, 6.45) is 6.25. The summed E-state index contributed by atoms with van der Waals surface area (Å²) in [5, 5.41) is 7.18. The monoisotopic (exact) mass is 482 g/mol. The maximum Gasteiger partial charge on any atom is 0.227 e. The highest BCUT2D eigenvalue weighted by molar-refractivity contribution is 6.32. The van der Waals surface area contributed by atoms with E-state index in [1.165, 1.54) is 0 Å². The van der Waals surface area contributed by atoms with Gasteiger partial charge in [0.2, 0.25) is 11.9 Å². The molecular formula is C24H31ClN8O. The largest absolute Gasteiger partial charge is 0.353 e. The van der Waals surface area contributed by atoms with Crippen LogP contribution in [0.25, 0.3) is 5.65 Å². The van der Waals surface area contributed by atoms with Crippen LogP contribution in [-0.4, -0.2) is 64.0 Å². The molecule has 0 aromatic carbocycles. The zero-order valence-corrected chi connectivity index (χ0v) is 20.6. The van der Waals surface area contributed by atoms with Crippen molar-refractivity contribution in [2.24, 2.45) is 5.92 Å². The van der Waals surface area contributed by atoms with Gasteiger partial charge in [-0.15, -0.1) is 0 Å². The number of hydrogen-bond acceptors (Lipinski definition) is 7. The van der Waals surface area contributed by atoms with Crippen LogP contribution in [0.3, 0.4) is 0 Å². The van der Waals surface area contributed by atoms with Gasteiger partial charge in [0.25, 0.3) is 0 Å². The Bertz CT molecular complexity index is 1190. The molecule has 0 unspecified atom stereocenters. The number of nitrogens with one attached hydrogen (secondary N) is 2. The zero-order valence-electron chi connectivity index (χ0n) is 19.8. The summed E-state index contributed by atoms with van der Waals surface area (Å²) in [6.45, 7) is 10.1. The Morgan fingerprint density at radius 2 is 2.12 bits per heavy atom. The summed E-state index contributed by atoms with van der Waals surface area (Å²) < 4.78 is 2.04. The van der Waals surface area contributed by atoms with Gasteiger partial charge in [0.1, 0.15) is 10.7 Å². The predicted molar refractivity (Wildman–Crippen MR) is 133 cm³/mol. The number of aromatic nitrogens is 4. The Morgan fingerprint density at radius 1 is 1.29 bits per heavy atom. The molecule has 0 aliphatic carbocycles. The molecule has 3 aromatic rings. The van der Waals surface area contributed by atoms with E-state index in [9.17, 15) is 4.79 Å². The summed E-state index contributed by atoms with van der Waals surface area (Å²) in [4.78, 5) is 31.2. The van der Waals surface area contributed by atoms with Gasteiger partial charge in [0, 0.05) is 45.0 Å². The van der Waals surface area contributed by atoms with Gasteiger partial charge < -0.3 is 24.8 Å². The fraction of sp³-hybridized carbons (Fsp3) is 0.500. The fourth-order valence-electron chi connectivity index (χ4n) is 4.71. The number of carbonyl (C=O) groups excluding carboxylic acids is 1.